The lowest BCUT2D eigenvalue weighted by molar-refractivity contribution is -0.124. The summed E-state index contributed by atoms with van der Waals surface area (Å²) in [5.41, 5.74) is 6.55. The Balaban J connectivity index is 2.12. The summed E-state index contributed by atoms with van der Waals surface area (Å²) in [6, 6.07) is 7.69. The zero-order valence-corrected chi connectivity index (χ0v) is 11.3. The Labute approximate surface area is 113 Å². The van der Waals surface area contributed by atoms with Gasteiger partial charge >= 0.3 is 0 Å². The van der Waals surface area contributed by atoms with Crippen LogP contribution in [0.2, 0.25) is 0 Å². The first-order valence-corrected chi connectivity index (χ1v) is 6.67. The van der Waals surface area contributed by atoms with E-state index in [1.54, 1.807) is 0 Å². The molecule has 1 heterocycles. The third kappa shape index (κ3) is 3.45. The second-order valence-electron chi connectivity index (χ2n) is 4.63. The highest BCUT2D eigenvalue weighted by molar-refractivity contribution is 5.80. The third-order valence-corrected chi connectivity index (χ3v) is 3.33. The first-order valence-electron chi connectivity index (χ1n) is 6.67. The number of primary amides is 1. The van der Waals surface area contributed by atoms with Crippen LogP contribution < -0.4 is 15.8 Å². The van der Waals surface area contributed by atoms with Gasteiger partial charge in [-0.2, -0.15) is 0 Å². The van der Waals surface area contributed by atoms with Crippen LogP contribution in [0.25, 0.3) is 0 Å². The van der Waals surface area contributed by atoms with E-state index in [0.29, 0.717) is 19.7 Å². The van der Waals surface area contributed by atoms with Crippen molar-refractivity contribution in [1.29, 1.82) is 0 Å². The van der Waals surface area contributed by atoms with Crippen molar-refractivity contribution in [2.75, 3.05) is 26.2 Å². The second kappa shape index (κ2) is 6.54. The van der Waals surface area contributed by atoms with E-state index in [2.05, 4.69) is 10.2 Å². The summed E-state index contributed by atoms with van der Waals surface area (Å²) in [5, 5.41) is 3.20. The van der Waals surface area contributed by atoms with Crippen LogP contribution in [0.4, 0.5) is 0 Å². The number of para-hydroxylation sites is 1. The maximum atomic E-state index is 11.5. The van der Waals surface area contributed by atoms with Gasteiger partial charge in [-0.25, -0.2) is 0 Å². The number of hydrogen-bond acceptors (Lipinski definition) is 4. The number of ether oxygens (including phenoxy) is 1. The summed E-state index contributed by atoms with van der Waals surface area (Å²) in [4.78, 5) is 13.6. The lowest BCUT2D eigenvalue weighted by Gasteiger charge is -2.34. The number of nitrogens with two attached hydrogens (primary N) is 1. The van der Waals surface area contributed by atoms with Crippen molar-refractivity contribution in [2.24, 2.45) is 5.73 Å². The molecule has 1 atom stereocenters. The molecule has 1 fully saturated rings. The van der Waals surface area contributed by atoms with Crippen molar-refractivity contribution in [2.45, 2.75) is 19.5 Å². The molecule has 1 aliphatic rings. The summed E-state index contributed by atoms with van der Waals surface area (Å²) in [6.07, 6.45) is 0. The third-order valence-electron chi connectivity index (χ3n) is 3.33. The minimum absolute atomic E-state index is 0.247. The molecule has 2 rings (SSSR count). The molecular formula is C14H21N3O2. The fourth-order valence-corrected chi connectivity index (χ4v) is 2.37. The Morgan fingerprint density at radius 1 is 1.53 bits per heavy atom. The zero-order valence-electron chi connectivity index (χ0n) is 11.3. The summed E-state index contributed by atoms with van der Waals surface area (Å²) in [7, 11) is 0. The van der Waals surface area contributed by atoms with E-state index in [1.807, 2.05) is 31.2 Å². The molecule has 1 amide bonds. The maximum absolute atomic E-state index is 11.5. The van der Waals surface area contributed by atoms with Gasteiger partial charge < -0.3 is 15.8 Å². The molecular weight excluding hydrogens is 242 g/mol. The average molecular weight is 263 g/mol. The smallest absolute Gasteiger partial charge is 0.236 e. The average Bonchev–Trinajstić information content (AvgIpc) is 2.42. The molecule has 104 valence electrons. The van der Waals surface area contributed by atoms with Gasteiger partial charge in [0, 0.05) is 31.7 Å². The van der Waals surface area contributed by atoms with Gasteiger partial charge in [-0.05, 0) is 13.0 Å². The minimum atomic E-state index is -0.277. The van der Waals surface area contributed by atoms with Gasteiger partial charge in [0.05, 0.1) is 6.61 Å². The second-order valence-corrected chi connectivity index (χ2v) is 4.63. The van der Waals surface area contributed by atoms with E-state index in [-0.39, 0.29) is 11.9 Å². The van der Waals surface area contributed by atoms with Gasteiger partial charge in [0.15, 0.2) is 0 Å². The molecule has 0 aliphatic carbocycles. The molecule has 1 saturated heterocycles. The van der Waals surface area contributed by atoms with Crippen molar-refractivity contribution >= 4 is 5.91 Å². The summed E-state index contributed by atoms with van der Waals surface area (Å²) in [5.74, 6) is 0.604. The molecule has 0 radical (unpaired) electrons. The fraction of sp³-hybridized carbons (Fsp3) is 0.500. The molecule has 19 heavy (non-hydrogen) atoms. The molecule has 1 unspecified atom stereocenters. The molecule has 3 N–H and O–H groups in total. The maximum Gasteiger partial charge on any atom is 0.236 e. The number of nitrogens with zero attached hydrogens (tertiary/aromatic N) is 1. The number of carbonyl (C=O) groups excluding carboxylic acids is 1. The van der Waals surface area contributed by atoms with Gasteiger partial charge in [0.25, 0.3) is 0 Å². The number of hydrogen-bond donors (Lipinski definition) is 2. The molecule has 1 aromatic carbocycles. The van der Waals surface area contributed by atoms with Crippen LogP contribution in [0.15, 0.2) is 24.3 Å². The van der Waals surface area contributed by atoms with E-state index in [0.717, 1.165) is 24.4 Å². The molecule has 5 nitrogen and oxygen atoms in total. The van der Waals surface area contributed by atoms with Gasteiger partial charge in [-0.15, -0.1) is 0 Å². The van der Waals surface area contributed by atoms with Gasteiger partial charge in [0.1, 0.15) is 11.8 Å². The van der Waals surface area contributed by atoms with Crippen LogP contribution in [-0.2, 0) is 11.3 Å². The van der Waals surface area contributed by atoms with Crippen molar-refractivity contribution in [3.63, 3.8) is 0 Å². The van der Waals surface area contributed by atoms with Gasteiger partial charge in [0.2, 0.25) is 5.91 Å². The van der Waals surface area contributed by atoms with Crippen LogP contribution >= 0.6 is 0 Å². The Morgan fingerprint density at radius 3 is 3.05 bits per heavy atom. The highest BCUT2D eigenvalue weighted by Gasteiger charge is 2.27. The van der Waals surface area contributed by atoms with Crippen LogP contribution in [0.5, 0.6) is 5.75 Å². The number of nitrogens with one attached hydrogen (secondary N) is 1. The predicted molar refractivity (Wildman–Crippen MR) is 73.9 cm³/mol. The lowest BCUT2D eigenvalue weighted by Crippen LogP contribution is -2.56. The molecule has 0 bridgehead atoms. The number of amides is 1. The van der Waals surface area contributed by atoms with E-state index in [9.17, 15) is 4.79 Å². The molecule has 1 aromatic rings. The van der Waals surface area contributed by atoms with Crippen molar-refractivity contribution in [3.8, 4) is 5.75 Å². The monoisotopic (exact) mass is 263 g/mol. The molecule has 0 saturated carbocycles. The van der Waals surface area contributed by atoms with E-state index < -0.39 is 0 Å². The Morgan fingerprint density at radius 2 is 2.32 bits per heavy atom. The van der Waals surface area contributed by atoms with E-state index >= 15 is 0 Å². The lowest BCUT2D eigenvalue weighted by atomic mass is 10.1. The number of rotatable bonds is 5. The first kappa shape index (κ1) is 13.8. The van der Waals surface area contributed by atoms with Crippen molar-refractivity contribution in [3.05, 3.63) is 29.8 Å². The number of benzene rings is 1. The Hall–Kier alpha value is -1.59. The van der Waals surface area contributed by atoms with Gasteiger partial charge in [-0.3, -0.25) is 9.69 Å². The normalized spacial score (nSPS) is 20.2. The molecule has 0 spiro atoms. The molecule has 1 aliphatic heterocycles. The molecule has 0 aromatic heterocycles. The standard InChI is InChI=1S/C14H21N3O2/c1-2-19-13-6-4-3-5-11(13)10-17-8-7-16-9-12(17)14(15)18/h3-6,12,16H,2,7-10H2,1H3,(H2,15,18). The van der Waals surface area contributed by atoms with E-state index in [4.69, 9.17) is 10.5 Å². The quantitative estimate of drug-likeness (QED) is 0.804. The van der Waals surface area contributed by atoms with Crippen molar-refractivity contribution in [1.82, 2.24) is 10.2 Å². The summed E-state index contributed by atoms with van der Waals surface area (Å²) in [6.45, 7) is 5.60. The zero-order chi connectivity index (χ0) is 13.7. The SMILES string of the molecule is CCOc1ccccc1CN1CCNCC1C(N)=O. The van der Waals surface area contributed by atoms with E-state index in [1.165, 1.54) is 0 Å². The minimum Gasteiger partial charge on any atom is -0.494 e. The fourth-order valence-electron chi connectivity index (χ4n) is 2.37. The predicted octanol–water partition coefficient (Wildman–Crippen LogP) is 0.344. The highest BCUT2D eigenvalue weighted by atomic mass is 16.5. The van der Waals surface area contributed by atoms with Crippen LogP contribution in [0.1, 0.15) is 12.5 Å². The number of piperazine rings is 1. The Kier molecular flexibility index (Phi) is 4.76. The Bertz CT molecular complexity index is 436. The first-order chi connectivity index (χ1) is 9.22. The van der Waals surface area contributed by atoms with Crippen molar-refractivity contribution < 1.29 is 9.53 Å². The topological polar surface area (TPSA) is 67.6 Å². The highest BCUT2D eigenvalue weighted by Crippen LogP contribution is 2.21. The summed E-state index contributed by atoms with van der Waals surface area (Å²) >= 11 is 0. The molecule has 5 heteroatoms. The van der Waals surface area contributed by atoms with Crippen LogP contribution in [0.3, 0.4) is 0 Å². The largest absolute Gasteiger partial charge is 0.494 e. The van der Waals surface area contributed by atoms with Crippen LogP contribution in [-0.4, -0.2) is 43.1 Å². The van der Waals surface area contributed by atoms with Crippen LogP contribution in [0, 0.1) is 0 Å². The number of carbonyl (C=O) groups is 1. The van der Waals surface area contributed by atoms with Gasteiger partial charge in [-0.1, -0.05) is 18.2 Å². The summed E-state index contributed by atoms with van der Waals surface area (Å²) < 4.78 is 5.62.